The number of nitrogens with zero attached hydrogens (tertiary/aromatic N) is 1. The van der Waals surface area contributed by atoms with Crippen molar-refractivity contribution in [1.29, 1.82) is 0 Å². The topological polar surface area (TPSA) is 62.9 Å². The van der Waals surface area contributed by atoms with Gasteiger partial charge in [-0.05, 0) is 35.7 Å². The van der Waals surface area contributed by atoms with Gasteiger partial charge in [0.15, 0.2) is 0 Å². The molecule has 0 atom stereocenters. The van der Waals surface area contributed by atoms with E-state index < -0.39 is 5.60 Å². The fourth-order valence-corrected chi connectivity index (χ4v) is 3.64. The van der Waals surface area contributed by atoms with Crippen molar-refractivity contribution in [2.24, 2.45) is 0 Å². The number of benzene rings is 1. The van der Waals surface area contributed by atoms with Crippen LogP contribution in [-0.4, -0.2) is 35.7 Å². The number of amides is 1. The number of hydrogen-bond acceptors (Lipinski definition) is 4. The van der Waals surface area contributed by atoms with Gasteiger partial charge in [0.2, 0.25) is 0 Å². The highest BCUT2D eigenvalue weighted by molar-refractivity contribution is 5.95. The molecule has 0 bridgehead atoms. The molecule has 1 aromatic carbocycles. The van der Waals surface area contributed by atoms with Gasteiger partial charge in [-0.2, -0.15) is 0 Å². The maximum atomic E-state index is 13.3. The zero-order valence-electron chi connectivity index (χ0n) is 13.8. The van der Waals surface area contributed by atoms with Crippen LogP contribution in [0.15, 0.2) is 34.9 Å². The number of rotatable bonds is 2. The van der Waals surface area contributed by atoms with Gasteiger partial charge in [0, 0.05) is 39.1 Å². The summed E-state index contributed by atoms with van der Waals surface area (Å²) in [4.78, 5) is 14.7. The number of fused-ring (bicyclic) bond motifs is 1. The third kappa shape index (κ3) is 2.96. The van der Waals surface area contributed by atoms with Crippen LogP contribution in [0.2, 0.25) is 0 Å². The van der Waals surface area contributed by atoms with E-state index in [1.807, 2.05) is 0 Å². The molecule has 5 nitrogen and oxygen atoms in total. The van der Waals surface area contributed by atoms with Crippen LogP contribution in [0.25, 0.3) is 0 Å². The highest BCUT2D eigenvalue weighted by Gasteiger charge is 2.39. The summed E-state index contributed by atoms with van der Waals surface area (Å²) < 4.78 is 24.1. The van der Waals surface area contributed by atoms with Crippen molar-refractivity contribution in [3.63, 3.8) is 0 Å². The van der Waals surface area contributed by atoms with Crippen LogP contribution in [0.4, 0.5) is 4.39 Å². The molecule has 0 spiro atoms. The molecule has 0 saturated carbocycles. The lowest BCUT2D eigenvalue weighted by molar-refractivity contribution is -0.0805. The zero-order valence-corrected chi connectivity index (χ0v) is 13.8. The number of ether oxygens (including phenoxy) is 1. The molecule has 1 N–H and O–H groups in total. The Hall–Kier alpha value is -2.18. The van der Waals surface area contributed by atoms with Crippen molar-refractivity contribution >= 4 is 5.91 Å². The summed E-state index contributed by atoms with van der Waals surface area (Å²) in [5.41, 5.74) is 1.13. The van der Waals surface area contributed by atoms with Crippen LogP contribution >= 0.6 is 0 Å². The summed E-state index contributed by atoms with van der Waals surface area (Å²) in [5.74, 6) is -0.0956. The fraction of sp³-hybridized carbons (Fsp3) is 0.421. The Labute approximate surface area is 145 Å². The average Bonchev–Trinajstić information content (AvgIpc) is 3.12. The molecular formula is C19H20FNO4. The average molecular weight is 345 g/mol. The van der Waals surface area contributed by atoms with E-state index in [0.29, 0.717) is 56.9 Å². The van der Waals surface area contributed by atoms with Crippen molar-refractivity contribution < 1.29 is 23.4 Å². The number of halogens is 1. The van der Waals surface area contributed by atoms with Crippen LogP contribution in [0.1, 0.15) is 40.1 Å². The third-order valence-corrected chi connectivity index (χ3v) is 5.11. The Morgan fingerprint density at radius 2 is 2.00 bits per heavy atom. The first-order chi connectivity index (χ1) is 12.1. The maximum Gasteiger partial charge on any atom is 0.257 e. The van der Waals surface area contributed by atoms with Gasteiger partial charge in [-0.25, -0.2) is 4.39 Å². The Balaban J connectivity index is 1.58. The van der Waals surface area contributed by atoms with E-state index in [9.17, 15) is 14.3 Å². The second-order valence-corrected chi connectivity index (χ2v) is 6.70. The summed E-state index contributed by atoms with van der Waals surface area (Å²) in [6.07, 6.45) is 2.87. The number of aliphatic hydroxyl groups is 1. The molecule has 1 saturated heterocycles. The Kier molecular flexibility index (Phi) is 4.09. The van der Waals surface area contributed by atoms with Crippen molar-refractivity contribution in [2.75, 3.05) is 19.8 Å². The summed E-state index contributed by atoms with van der Waals surface area (Å²) in [6.45, 7) is 1.82. The van der Waals surface area contributed by atoms with Gasteiger partial charge < -0.3 is 19.2 Å². The molecule has 132 valence electrons. The van der Waals surface area contributed by atoms with Gasteiger partial charge in [0.1, 0.15) is 17.2 Å². The molecule has 0 aliphatic carbocycles. The van der Waals surface area contributed by atoms with Crippen molar-refractivity contribution in [3.05, 3.63) is 58.8 Å². The lowest BCUT2D eigenvalue weighted by Gasteiger charge is -2.32. The fourth-order valence-electron chi connectivity index (χ4n) is 3.64. The van der Waals surface area contributed by atoms with Crippen LogP contribution in [0.3, 0.4) is 0 Å². The minimum absolute atomic E-state index is 0.168. The van der Waals surface area contributed by atoms with Crippen LogP contribution < -0.4 is 0 Å². The standard InChI is InChI=1S/C19H20FNO4/c20-15-2-1-14-12-21(7-3-13(14)11-15)18(22)16-4-8-25-17(16)19(23)5-9-24-10-6-19/h1-2,4,8,11,23H,3,5-7,9-10,12H2. The van der Waals surface area contributed by atoms with Gasteiger partial charge in [-0.3, -0.25) is 4.79 Å². The quantitative estimate of drug-likeness (QED) is 0.909. The number of carbonyl (C=O) groups is 1. The highest BCUT2D eigenvalue weighted by atomic mass is 19.1. The van der Waals surface area contributed by atoms with Gasteiger partial charge >= 0.3 is 0 Å². The first-order valence-corrected chi connectivity index (χ1v) is 8.51. The molecule has 0 radical (unpaired) electrons. The van der Waals surface area contributed by atoms with Gasteiger partial charge in [-0.1, -0.05) is 6.07 Å². The minimum atomic E-state index is -1.16. The molecule has 1 fully saturated rings. The normalized spacial score (nSPS) is 19.5. The summed E-state index contributed by atoms with van der Waals surface area (Å²) in [5, 5.41) is 10.9. The highest BCUT2D eigenvalue weighted by Crippen LogP contribution is 2.35. The van der Waals surface area contributed by atoms with E-state index >= 15 is 0 Å². The lowest BCUT2D eigenvalue weighted by Crippen LogP contribution is -2.39. The zero-order chi connectivity index (χ0) is 17.4. The van der Waals surface area contributed by atoms with Crippen LogP contribution in [0.5, 0.6) is 0 Å². The summed E-state index contributed by atoms with van der Waals surface area (Å²) >= 11 is 0. The predicted molar refractivity (Wildman–Crippen MR) is 87.5 cm³/mol. The first kappa shape index (κ1) is 16.3. The molecule has 4 rings (SSSR count). The molecule has 2 aromatic rings. The van der Waals surface area contributed by atoms with Crippen molar-refractivity contribution in [3.8, 4) is 0 Å². The number of hydrogen-bond donors (Lipinski definition) is 1. The Morgan fingerprint density at radius 1 is 1.20 bits per heavy atom. The molecule has 0 unspecified atom stereocenters. The van der Waals surface area contributed by atoms with Gasteiger partial charge in [-0.15, -0.1) is 0 Å². The van der Waals surface area contributed by atoms with Gasteiger partial charge in [0.25, 0.3) is 5.91 Å². The number of carbonyl (C=O) groups excluding carboxylic acids is 1. The molecule has 1 amide bonds. The van der Waals surface area contributed by atoms with Crippen molar-refractivity contribution in [1.82, 2.24) is 4.90 Å². The van der Waals surface area contributed by atoms with E-state index in [-0.39, 0.29) is 11.7 Å². The van der Waals surface area contributed by atoms with E-state index in [2.05, 4.69) is 0 Å². The van der Waals surface area contributed by atoms with E-state index in [1.54, 1.807) is 17.0 Å². The molecule has 6 heteroatoms. The second-order valence-electron chi connectivity index (χ2n) is 6.70. The Bertz CT molecular complexity index is 794. The molecular weight excluding hydrogens is 325 g/mol. The number of furan rings is 1. The molecule has 25 heavy (non-hydrogen) atoms. The summed E-state index contributed by atoms with van der Waals surface area (Å²) in [6, 6.07) is 6.30. The Morgan fingerprint density at radius 3 is 2.80 bits per heavy atom. The van der Waals surface area contributed by atoms with E-state index in [4.69, 9.17) is 9.15 Å². The lowest BCUT2D eigenvalue weighted by atomic mass is 9.89. The molecule has 1 aromatic heterocycles. The summed E-state index contributed by atoms with van der Waals surface area (Å²) in [7, 11) is 0. The smallest absolute Gasteiger partial charge is 0.257 e. The molecule has 2 aliphatic heterocycles. The molecule has 2 aliphatic rings. The van der Waals surface area contributed by atoms with Gasteiger partial charge in [0.05, 0.1) is 11.8 Å². The second kappa shape index (κ2) is 6.28. The van der Waals surface area contributed by atoms with Crippen LogP contribution in [-0.2, 0) is 23.3 Å². The SMILES string of the molecule is O=C(c1ccoc1C1(O)CCOCC1)N1CCc2cc(F)ccc2C1. The maximum absolute atomic E-state index is 13.3. The largest absolute Gasteiger partial charge is 0.465 e. The van der Waals surface area contributed by atoms with Crippen LogP contribution in [0, 0.1) is 5.82 Å². The third-order valence-electron chi connectivity index (χ3n) is 5.11. The minimum Gasteiger partial charge on any atom is -0.465 e. The van der Waals surface area contributed by atoms with Crippen molar-refractivity contribution in [2.45, 2.75) is 31.4 Å². The monoisotopic (exact) mass is 345 g/mol. The first-order valence-electron chi connectivity index (χ1n) is 8.51. The predicted octanol–water partition coefficient (Wildman–Crippen LogP) is 2.62. The van der Waals surface area contributed by atoms with E-state index in [0.717, 1.165) is 11.1 Å². The van der Waals surface area contributed by atoms with E-state index in [1.165, 1.54) is 18.4 Å². The molecule has 3 heterocycles.